The molecule has 0 aliphatic carbocycles. The molecule has 3 rings (SSSR count). The second-order valence-corrected chi connectivity index (χ2v) is 5.86. The summed E-state index contributed by atoms with van der Waals surface area (Å²) >= 11 is 0. The standard InChI is InChI=1S/C16H22F2N2O/c1-2-19-16(13-6-5-11(17)8-14(13)18)15-9-20-7-3-4-12(20)10-21-15/h5-6,8,12,15-16,19H,2-4,7,9-10H2,1H3. The third-order valence-corrected chi connectivity index (χ3v) is 4.51. The van der Waals surface area contributed by atoms with Gasteiger partial charge in [-0.1, -0.05) is 13.0 Å². The Labute approximate surface area is 124 Å². The van der Waals surface area contributed by atoms with E-state index in [1.807, 2.05) is 6.92 Å². The molecule has 0 amide bonds. The first-order valence-corrected chi connectivity index (χ1v) is 7.73. The molecule has 1 aromatic carbocycles. The lowest BCUT2D eigenvalue weighted by atomic mass is 9.98. The Balaban J connectivity index is 1.80. The zero-order chi connectivity index (χ0) is 14.8. The molecule has 3 unspecified atom stereocenters. The first-order valence-electron chi connectivity index (χ1n) is 7.73. The maximum absolute atomic E-state index is 14.1. The van der Waals surface area contributed by atoms with Crippen molar-refractivity contribution in [3.05, 3.63) is 35.4 Å². The number of nitrogens with zero attached hydrogens (tertiary/aromatic N) is 1. The first kappa shape index (κ1) is 14.9. The summed E-state index contributed by atoms with van der Waals surface area (Å²) in [6.45, 7) is 5.30. The van der Waals surface area contributed by atoms with E-state index in [0.29, 0.717) is 24.8 Å². The van der Waals surface area contributed by atoms with Gasteiger partial charge in [0.15, 0.2) is 0 Å². The fourth-order valence-electron chi connectivity index (χ4n) is 3.46. The molecule has 0 spiro atoms. The molecule has 3 nitrogen and oxygen atoms in total. The monoisotopic (exact) mass is 296 g/mol. The zero-order valence-corrected chi connectivity index (χ0v) is 12.3. The van der Waals surface area contributed by atoms with Crippen LogP contribution in [0.2, 0.25) is 0 Å². The molecule has 2 aliphatic heterocycles. The Bertz CT molecular complexity index is 497. The molecule has 2 heterocycles. The quantitative estimate of drug-likeness (QED) is 0.924. The number of ether oxygens (including phenoxy) is 1. The van der Waals surface area contributed by atoms with Gasteiger partial charge in [-0.3, -0.25) is 4.90 Å². The second kappa shape index (κ2) is 6.38. The lowest BCUT2D eigenvalue weighted by molar-refractivity contribution is -0.0655. The SMILES string of the molecule is CCNC(c1ccc(F)cc1F)C1CN2CCCC2CO1. The van der Waals surface area contributed by atoms with E-state index in [9.17, 15) is 8.78 Å². The van der Waals surface area contributed by atoms with Gasteiger partial charge in [0.1, 0.15) is 11.6 Å². The molecule has 2 saturated heterocycles. The average Bonchev–Trinajstić information content (AvgIpc) is 2.93. The van der Waals surface area contributed by atoms with Gasteiger partial charge in [-0.25, -0.2) is 8.78 Å². The number of rotatable bonds is 4. The molecule has 1 aromatic rings. The van der Waals surface area contributed by atoms with Crippen molar-refractivity contribution in [1.82, 2.24) is 10.2 Å². The number of nitrogens with one attached hydrogen (secondary N) is 1. The Hall–Kier alpha value is -1.04. The van der Waals surface area contributed by atoms with Crippen LogP contribution < -0.4 is 5.32 Å². The van der Waals surface area contributed by atoms with Gasteiger partial charge in [-0.15, -0.1) is 0 Å². The lowest BCUT2D eigenvalue weighted by Gasteiger charge is -2.39. The van der Waals surface area contributed by atoms with Crippen LogP contribution in [0.3, 0.4) is 0 Å². The van der Waals surface area contributed by atoms with Gasteiger partial charge in [0, 0.05) is 24.2 Å². The van der Waals surface area contributed by atoms with E-state index in [-0.39, 0.29) is 12.1 Å². The third-order valence-electron chi connectivity index (χ3n) is 4.51. The highest BCUT2D eigenvalue weighted by molar-refractivity contribution is 5.23. The van der Waals surface area contributed by atoms with Crippen molar-refractivity contribution < 1.29 is 13.5 Å². The summed E-state index contributed by atoms with van der Waals surface area (Å²) in [6, 6.07) is 4.06. The van der Waals surface area contributed by atoms with Gasteiger partial charge in [0.25, 0.3) is 0 Å². The fraction of sp³-hybridized carbons (Fsp3) is 0.625. The van der Waals surface area contributed by atoms with Crippen molar-refractivity contribution >= 4 is 0 Å². The van der Waals surface area contributed by atoms with Crippen LogP contribution in [0.1, 0.15) is 31.4 Å². The van der Waals surface area contributed by atoms with Gasteiger partial charge in [-0.2, -0.15) is 0 Å². The van der Waals surface area contributed by atoms with E-state index in [4.69, 9.17) is 4.74 Å². The normalized spacial score (nSPS) is 27.6. The minimum Gasteiger partial charge on any atom is -0.373 e. The van der Waals surface area contributed by atoms with E-state index in [2.05, 4.69) is 10.2 Å². The number of hydrogen-bond acceptors (Lipinski definition) is 3. The Kier molecular flexibility index (Phi) is 4.52. The van der Waals surface area contributed by atoms with E-state index >= 15 is 0 Å². The van der Waals surface area contributed by atoms with E-state index < -0.39 is 11.6 Å². The van der Waals surface area contributed by atoms with Crippen molar-refractivity contribution in [2.45, 2.75) is 38.0 Å². The number of morpholine rings is 1. The average molecular weight is 296 g/mol. The predicted octanol–water partition coefficient (Wildman–Crippen LogP) is 2.48. The maximum Gasteiger partial charge on any atom is 0.130 e. The lowest BCUT2D eigenvalue weighted by Crippen LogP contribution is -2.50. The van der Waals surface area contributed by atoms with E-state index in [1.54, 1.807) is 0 Å². The highest BCUT2D eigenvalue weighted by Gasteiger charge is 2.36. The molecule has 0 radical (unpaired) electrons. The highest BCUT2D eigenvalue weighted by Crippen LogP contribution is 2.30. The molecule has 2 fully saturated rings. The van der Waals surface area contributed by atoms with Gasteiger partial charge in [0.2, 0.25) is 0 Å². The number of fused-ring (bicyclic) bond motifs is 1. The largest absolute Gasteiger partial charge is 0.373 e. The van der Waals surface area contributed by atoms with Crippen molar-refractivity contribution in [3.63, 3.8) is 0 Å². The molecule has 21 heavy (non-hydrogen) atoms. The number of benzene rings is 1. The van der Waals surface area contributed by atoms with Gasteiger partial charge in [-0.05, 0) is 32.0 Å². The summed E-state index contributed by atoms with van der Waals surface area (Å²) in [5.41, 5.74) is 0.487. The van der Waals surface area contributed by atoms with Crippen LogP contribution in [0.5, 0.6) is 0 Å². The summed E-state index contributed by atoms with van der Waals surface area (Å²) in [4.78, 5) is 2.43. The molecule has 116 valence electrons. The summed E-state index contributed by atoms with van der Waals surface area (Å²) in [5, 5.41) is 3.29. The van der Waals surface area contributed by atoms with E-state index in [0.717, 1.165) is 19.2 Å². The smallest absolute Gasteiger partial charge is 0.130 e. The zero-order valence-electron chi connectivity index (χ0n) is 12.3. The molecule has 1 N–H and O–H groups in total. The summed E-state index contributed by atoms with van der Waals surface area (Å²) in [5.74, 6) is -1.05. The number of hydrogen-bond donors (Lipinski definition) is 1. The van der Waals surface area contributed by atoms with Crippen LogP contribution in [-0.2, 0) is 4.74 Å². The summed E-state index contributed by atoms with van der Waals surface area (Å²) in [6.07, 6.45) is 2.29. The van der Waals surface area contributed by atoms with Crippen LogP contribution in [0, 0.1) is 11.6 Å². The second-order valence-electron chi connectivity index (χ2n) is 5.86. The maximum atomic E-state index is 14.1. The van der Waals surface area contributed by atoms with Crippen molar-refractivity contribution in [2.75, 3.05) is 26.2 Å². The third kappa shape index (κ3) is 3.10. The van der Waals surface area contributed by atoms with Crippen LogP contribution >= 0.6 is 0 Å². The molecule has 0 bridgehead atoms. The van der Waals surface area contributed by atoms with Crippen molar-refractivity contribution in [1.29, 1.82) is 0 Å². The van der Waals surface area contributed by atoms with Crippen molar-refractivity contribution in [2.24, 2.45) is 0 Å². The summed E-state index contributed by atoms with van der Waals surface area (Å²) in [7, 11) is 0. The topological polar surface area (TPSA) is 24.5 Å². The predicted molar refractivity (Wildman–Crippen MR) is 77.1 cm³/mol. The van der Waals surface area contributed by atoms with Crippen LogP contribution in [0.15, 0.2) is 18.2 Å². The van der Waals surface area contributed by atoms with Crippen molar-refractivity contribution in [3.8, 4) is 0 Å². The molecular formula is C16H22F2N2O. The summed E-state index contributed by atoms with van der Waals surface area (Å²) < 4.78 is 33.2. The fourth-order valence-corrected chi connectivity index (χ4v) is 3.46. The van der Waals surface area contributed by atoms with Gasteiger partial charge in [0.05, 0.1) is 18.8 Å². The van der Waals surface area contributed by atoms with Gasteiger partial charge < -0.3 is 10.1 Å². The molecule has 0 aromatic heterocycles. The number of halogens is 2. The van der Waals surface area contributed by atoms with Crippen LogP contribution in [0.25, 0.3) is 0 Å². The first-order chi connectivity index (χ1) is 10.2. The highest BCUT2D eigenvalue weighted by atomic mass is 19.1. The molecule has 2 aliphatic rings. The van der Waals surface area contributed by atoms with Crippen LogP contribution in [-0.4, -0.2) is 43.3 Å². The Morgan fingerprint density at radius 1 is 1.43 bits per heavy atom. The van der Waals surface area contributed by atoms with Gasteiger partial charge >= 0.3 is 0 Å². The molecule has 5 heteroatoms. The van der Waals surface area contributed by atoms with E-state index in [1.165, 1.54) is 25.0 Å². The number of likely N-dealkylation sites (N-methyl/N-ethyl adjacent to an activating group) is 1. The Morgan fingerprint density at radius 3 is 3.05 bits per heavy atom. The Morgan fingerprint density at radius 2 is 2.29 bits per heavy atom. The molecular weight excluding hydrogens is 274 g/mol. The minimum atomic E-state index is -0.546. The van der Waals surface area contributed by atoms with Crippen LogP contribution in [0.4, 0.5) is 8.78 Å². The molecule has 3 atom stereocenters. The minimum absolute atomic E-state index is 0.0979. The molecule has 0 saturated carbocycles.